The minimum atomic E-state index is -0.638. The number of fused-ring (bicyclic) bond motifs is 1. The van der Waals surface area contributed by atoms with E-state index in [4.69, 9.17) is 24.7 Å². The number of nitrogens with one attached hydrogen (secondary N) is 1. The van der Waals surface area contributed by atoms with Crippen LogP contribution in [0.15, 0.2) is 54.3 Å². The first-order valence-electron chi connectivity index (χ1n) is 10.8. The van der Waals surface area contributed by atoms with Crippen LogP contribution in [0.2, 0.25) is 0 Å². The molecule has 2 heterocycles. The number of allylic oxidation sites excluding steroid dienone is 1. The minimum Gasteiger partial charge on any atom is -0.459 e. The van der Waals surface area contributed by atoms with Gasteiger partial charge < -0.3 is 35.1 Å². The first kappa shape index (κ1) is 22.0. The van der Waals surface area contributed by atoms with Crippen molar-refractivity contribution in [3.8, 4) is 11.5 Å². The number of ether oxygens (including phenoxy) is 4. The summed E-state index contributed by atoms with van der Waals surface area (Å²) in [5, 5.41) is 12.2. The lowest BCUT2D eigenvalue weighted by Crippen LogP contribution is -2.37. The van der Waals surface area contributed by atoms with Gasteiger partial charge in [-0.15, -0.1) is 0 Å². The predicted molar refractivity (Wildman–Crippen MR) is 119 cm³/mol. The lowest BCUT2D eigenvalue weighted by Gasteiger charge is -2.37. The highest BCUT2D eigenvalue weighted by molar-refractivity contribution is 6.04. The van der Waals surface area contributed by atoms with E-state index in [-0.39, 0.29) is 31.0 Å². The molecule has 2 aromatic rings. The molecule has 2 aromatic carbocycles. The van der Waals surface area contributed by atoms with Gasteiger partial charge in [0.25, 0.3) is 5.91 Å². The largest absolute Gasteiger partial charge is 0.459 e. The third-order valence-electron chi connectivity index (χ3n) is 5.63. The Morgan fingerprint density at radius 2 is 2.03 bits per heavy atom. The Morgan fingerprint density at radius 3 is 2.81 bits per heavy atom. The van der Waals surface area contributed by atoms with Crippen molar-refractivity contribution in [2.45, 2.75) is 32.0 Å². The Hall–Kier alpha value is -3.23. The highest BCUT2D eigenvalue weighted by Crippen LogP contribution is 2.43. The summed E-state index contributed by atoms with van der Waals surface area (Å²) in [5.41, 5.74) is 7.90. The first-order valence-corrected chi connectivity index (χ1v) is 10.8. The van der Waals surface area contributed by atoms with Crippen LogP contribution in [0.4, 0.5) is 11.4 Å². The van der Waals surface area contributed by atoms with Crippen molar-refractivity contribution in [1.82, 2.24) is 0 Å². The summed E-state index contributed by atoms with van der Waals surface area (Å²) >= 11 is 0. The maximum Gasteiger partial charge on any atom is 0.290 e. The number of aliphatic hydroxyl groups excluding tert-OH is 1. The predicted octanol–water partition coefficient (Wildman–Crippen LogP) is 3.39. The number of benzene rings is 2. The molecular weight excluding hydrogens is 412 g/mol. The minimum absolute atomic E-state index is 0.0630. The standard InChI is InChI=1S/C24H28N2O6/c1-2-29-24-16(6-5-11-27)17(15-9-10-20-21(12-15)31-14-30-20)13-22(32-24)23(28)26-19-8-4-3-7-18(19)25/h3-4,7-10,12-13,16-17,24,27H,2,5-6,11,14,25H2,1H3,(H,26,28)/t16-,17+,24+/m0/s1. The lowest BCUT2D eigenvalue weighted by atomic mass is 9.80. The molecule has 0 unspecified atom stereocenters. The van der Waals surface area contributed by atoms with Crippen LogP contribution < -0.4 is 20.5 Å². The molecule has 0 saturated carbocycles. The lowest BCUT2D eigenvalue weighted by molar-refractivity contribution is -0.165. The van der Waals surface area contributed by atoms with E-state index >= 15 is 0 Å². The zero-order valence-corrected chi connectivity index (χ0v) is 18.0. The first-order chi connectivity index (χ1) is 15.6. The van der Waals surface area contributed by atoms with E-state index in [0.717, 1.165) is 5.56 Å². The summed E-state index contributed by atoms with van der Waals surface area (Å²) in [6.07, 6.45) is 2.43. The van der Waals surface area contributed by atoms with Crippen molar-refractivity contribution >= 4 is 17.3 Å². The summed E-state index contributed by atoms with van der Waals surface area (Å²) in [4.78, 5) is 13.1. The van der Waals surface area contributed by atoms with Gasteiger partial charge in [-0.3, -0.25) is 4.79 Å². The Morgan fingerprint density at radius 1 is 1.22 bits per heavy atom. The van der Waals surface area contributed by atoms with E-state index in [0.29, 0.717) is 42.3 Å². The number of nitrogens with two attached hydrogens (primary N) is 1. The van der Waals surface area contributed by atoms with Gasteiger partial charge in [0, 0.05) is 25.0 Å². The average molecular weight is 440 g/mol. The van der Waals surface area contributed by atoms with Crippen LogP contribution in [0.1, 0.15) is 31.2 Å². The number of anilines is 2. The van der Waals surface area contributed by atoms with Crippen LogP contribution in [0.25, 0.3) is 0 Å². The van der Waals surface area contributed by atoms with Crippen molar-refractivity contribution in [3.05, 3.63) is 59.9 Å². The van der Waals surface area contributed by atoms with E-state index in [1.54, 1.807) is 24.3 Å². The number of rotatable bonds is 8. The summed E-state index contributed by atoms with van der Waals surface area (Å²) in [6.45, 7) is 2.55. The van der Waals surface area contributed by atoms with Gasteiger partial charge in [-0.1, -0.05) is 18.2 Å². The highest BCUT2D eigenvalue weighted by Gasteiger charge is 2.38. The Labute approximate surface area is 186 Å². The van der Waals surface area contributed by atoms with E-state index in [9.17, 15) is 9.90 Å². The van der Waals surface area contributed by atoms with Crippen LogP contribution in [0.5, 0.6) is 11.5 Å². The quantitative estimate of drug-likeness (QED) is 0.540. The second kappa shape index (κ2) is 9.93. The smallest absolute Gasteiger partial charge is 0.290 e. The monoisotopic (exact) mass is 440 g/mol. The van der Waals surface area contributed by atoms with Crippen molar-refractivity contribution < 1.29 is 28.8 Å². The number of hydrogen-bond donors (Lipinski definition) is 3. The van der Waals surface area contributed by atoms with Gasteiger partial charge in [0.1, 0.15) is 0 Å². The maximum absolute atomic E-state index is 13.1. The molecular formula is C24H28N2O6. The van der Waals surface area contributed by atoms with E-state index in [2.05, 4.69) is 5.32 Å². The molecule has 0 radical (unpaired) electrons. The zero-order valence-electron chi connectivity index (χ0n) is 18.0. The van der Waals surface area contributed by atoms with Gasteiger partial charge in [-0.05, 0) is 55.7 Å². The van der Waals surface area contributed by atoms with Crippen LogP contribution in [-0.4, -0.2) is 37.3 Å². The summed E-state index contributed by atoms with van der Waals surface area (Å²) < 4.78 is 22.9. The molecule has 0 aliphatic carbocycles. The third-order valence-corrected chi connectivity index (χ3v) is 5.63. The van der Waals surface area contributed by atoms with Crippen LogP contribution in [0.3, 0.4) is 0 Å². The molecule has 0 aromatic heterocycles. The second-order valence-electron chi connectivity index (χ2n) is 7.68. The molecule has 4 rings (SSSR count). The number of para-hydroxylation sites is 2. The molecule has 8 heteroatoms. The third kappa shape index (κ3) is 4.66. The number of carbonyl (C=O) groups excluding carboxylic acids is 1. The van der Waals surface area contributed by atoms with E-state index in [1.807, 2.05) is 31.2 Å². The highest BCUT2D eigenvalue weighted by atomic mass is 16.7. The molecule has 1 amide bonds. The van der Waals surface area contributed by atoms with Gasteiger partial charge in [-0.2, -0.15) is 0 Å². The number of hydrogen-bond acceptors (Lipinski definition) is 7. The van der Waals surface area contributed by atoms with Crippen molar-refractivity contribution in [2.75, 3.05) is 31.1 Å². The van der Waals surface area contributed by atoms with Crippen LogP contribution >= 0.6 is 0 Å². The maximum atomic E-state index is 13.1. The van der Waals surface area contributed by atoms with Gasteiger partial charge in [-0.25, -0.2) is 0 Å². The molecule has 170 valence electrons. The van der Waals surface area contributed by atoms with Crippen LogP contribution in [0, 0.1) is 5.92 Å². The number of amides is 1. The van der Waals surface area contributed by atoms with E-state index in [1.165, 1.54) is 0 Å². The Bertz CT molecular complexity index is 992. The fourth-order valence-corrected chi connectivity index (χ4v) is 4.06. The Kier molecular flexibility index (Phi) is 6.82. The van der Waals surface area contributed by atoms with Gasteiger partial charge in [0.05, 0.1) is 11.4 Å². The molecule has 2 aliphatic rings. The van der Waals surface area contributed by atoms with Gasteiger partial charge in [0.2, 0.25) is 13.1 Å². The fourth-order valence-electron chi connectivity index (χ4n) is 4.06. The summed E-state index contributed by atoms with van der Waals surface area (Å²) in [6, 6.07) is 12.8. The average Bonchev–Trinajstić information content (AvgIpc) is 3.27. The second-order valence-corrected chi connectivity index (χ2v) is 7.68. The Balaban J connectivity index is 1.68. The van der Waals surface area contributed by atoms with Crippen molar-refractivity contribution in [2.24, 2.45) is 5.92 Å². The molecule has 4 N–H and O–H groups in total. The topological polar surface area (TPSA) is 112 Å². The molecule has 0 fully saturated rings. The number of carbonyl (C=O) groups is 1. The molecule has 0 saturated heterocycles. The normalized spacial score (nSPS) is 21.6. The van der Waals surface area contributed by atoms with Gasteiger partial charge >= 0.3 is 0 Å². The number of nitrogen functional groups attached to an aromatic ring is 1. The van der Waals surface area contributed by atoms with E-state index < -0.39 is 12.2 Å². The molecule has 0 bridgehead atoms. The van der Waals surface area contributed by atoms with Crippen LogP contribution in [-0.2, 0) is 14.3 Å². The van der Waals surface area contributed by atoms with Gasteiger partial charge in [0.15, 0.2) is 17.3 Å². The molecule has 32 heavy (non-hydrogen) atoms. The van der Waals surface area contributed by atoms with Crippen molar-refractivity contribution in [1.29, 1.82) is 0 Å². The van der Waals surface area contributed by atoms with Crippen molar-refractivity contribution in [3.63, 3.8) is 0 Å². The summed E-state index contributed by atoms with van der Waals surface area (Å²) in [5.74, 6) is 0.833. The fraction of sp³-hybridized carbons (Fsp3) is 0.375. The molecule has 3 atom stereocenters. The molecule has 8 nitrogen and oxygen atoms in total. The summed E-state index contributed by atoms with van der Waals surface area (Å²) in [7, 11) is 0. The molecule has 2 aliphatic heterocycles. The number of aliphatic hydroxyl groups is 1. The zero-order chi connectivity index (χ0) is 22.5. The SMILES string of the molecule is CCO[C@@H]1OC(C(=O)Nc2ccccc2N)=C[C@H](c2ccc3c(c2)OCO3)[C@@H]1CCCO. The molecule has 0 spiro atoms.